The second-order valence-electron chi connectivity index (χ2n) is 10.0. The van der Waals surface area contributed by atoms with Gasteiger partial charge in [0.05, 0.1) is 22.1 Å². The zero-order valence-corrected chi connectivity index (χ0v) is 21.9. The van der Waals surface area contributed by atoms with Crippen molar-refractivity contribution in [2.75, 3.05) is 0 Å². The van der Waals surface area contributed by atoms with Crippen LogP contribution in [0.1, 0.15) is 11.1 Å². The Morgan fingerprint density at radius 1 is 0.500 bits per heavy atom. The van der Waals surface area contributed by atoms with Crippen LogP contribution >= 0.6 is 0 Å². The molecule has 2 N–H and O–H groups in total. The monoisotopic (exact) mass is 524 g/mol. The van der Waals surface area contributed by atoms with Crippen molar-refractivity contribution in [1.82, 2.24) is 9.97 Å². The van der Waals surface area contributed by atoms with Gasteiger partial charge in [0.15, 0.2) is 22.4 Å². The van der Waals surface area contributed by atoms with Crippen molar-refractivity contribution in [3.8, 4) is 23.0 Å². The van der Waals surface area contributed by atoms with E-state index >= 15 is 0 Å². The molecule has 0 saturated carbocycles. The van der Waals surface area contributed by atoms with Crippen molar-refractivity contribution in [2.24, 2.45) is 0 Å². The summed E-state index contributed by atoms with van der Waals surface area (Å²) >= 11 is 0. The van der Waals surface area contributed by atoms with Crippen molar-refractivity contribution in [3.05, 3.63) is 129 Å². The maximum Gasteiger partial charge on any atom is 0.197 e. The number of benzene rings is 5. The lowest BCUT2D eigenvalue weighted by Crippen LogP contribution is -2.09. The first kappa shape index (κ1) is 23.7. The molecule has 0 aliphatic carbocycles. The van der Waals surface area contributed by atoms with Crippen LogP contribution < -0.4 is 20.3 Å². The largest absolute Gasteiger partial charge is 0.455 e. The van der Waals surface area contributed by atoms with E-state index in [1.165, 1.54) is 0 Å². The van der Waals surface area contributed by atoms with Gasteiger partial charge in [-0.2, -0.15) is 0 Å². The van der Waals surface area contributed by atoms with Crippen molar-refractivity contribution < 1.29 is 9.47 Å². The minimum Gasteiger partial charge on any atom is -0.455 e. The lowest BCUT2D eigenvalue weighted by Gasteiger charge is -2.12. The Hall–Kier alpha value is -5.36. The number of ether oxygens (including phenoxy) is 2. The molecule has 0 atom stereocenters. The number of H-pyrrole nitrogens is 2. The summed E-state index contributed by atoms with van der Waals surface area (Å²) in [6.07, 6.45) is 0. The molecular weight excluding hydrogens is 500 g/mol. The normalized spacial score (nSPS) is 11.4. The van der Waals surface area contributed by atoms with Gasteiger partial charge in [0.2, 0.25) is 0 Å². The van der Waals surface area contributed by atoms with E-state index in [0.717, 1.165) is 11.1 Å². The lowest BCUT2D eigenvalue weighted by molar-refractivity contribution is 0.487. The lowest BCUT2D eigenvalue weighted by atomic mass is 10.0. The highest BCUT2D eigenvalue weighted by Crippen LogP contribution is 2.32. The molecule has 0 radical (unpaired) electrons. The number of hydrogen-bond acceptors (Lipinski definition) is 4. The van der Waals surface area contributed by atoms with Crippen LogP contribution in [0.5, 0.6) is 23.0 Å². The van der Waals surface area contributed by atoms with E-state index in [4.69, 9.17) is 9.47 Å². The Morgan fingerprint density at radius 3 is 1.30 bits per heavy atom. The summed E-state index contributed by atoms with van der Waals surface area (Å²) in [6, 6.07) is 29.7. The summed E-state index contributed by atoms with van der Waals surface area (Å²) in [5.74, 6) is 2.41. The number of rotatable bonds is 4. The highest BCUT2D eigenvalue weighted by atomic mass is 16.5. The summed E-state index contributed by atoms with van der Waals surface area (Å²) in [6.45, 7) is 4.02. The average Bonchev–Trinajstić information content (AvgIpc) is 2.96. The fourth-order valence-corrected chi connectivity index (χ4v) is 5.08. The van der Waals surface area contributed by atoms with Gasteiger partial charge in [0.25, 0.3) is 0 Å². The van der Waals surface area contributed by atoms with Gasteiger partial charge in [-0.15, -0.1) is 0 Å². The van der Waals surface area contributed by atoms with Crippen molar-refractivity contribution in [3.63, 3.8) is 0 Å². The molecule has 194 valence electrons. The molecule has 2 heterocycles. The molecule has 6 heteroatoms. The first-order chi connectivity index (χ1) is 19.4. The van der Waals surface area contributed by atoms with Crippen LogP contribution in [0.25, 0.3) is 43.6 Å². The summed E-state index contributed by atoms with van der Waals surface area (Å²) in [5, 5.41) is 1.95. The molecule has 6 nitrogen and oxygen atoms in total. The van der Waals surface area contributed by atoms with Gasteiger partial charge in [-0.1, -0.05) is 47.5 Å². The molecule has 0 amide bonds. The van der Waals surface area contributed by atoms with E-state index < -0.39 is 0 Å². The van der Waals surface area contributed by atoms with Crippen LogP contribution in [0, 0.1) is 13.8 Å². The Balaban J connectivity index is 1.41. The summed E-state index contributed by atoms with van der Waals surface area (Å²) in [4.78, 5) is 34.1. The minimum atomic E-state index is -0.148. The number of hydrogen-bond donors (Lipinski definition) is 2. The molecule has 0 fully saturated rings. The minimum absolute atomic E-state index is 0.148. The van der Waals surface area contributed by atoms with Crippen LogP contribution in [0.3, 0.4) is 0 Å². The van der Waals surface area contributed by atoms with Gasteiger partial charge in [0.1, 0.15) is 11.5 Å². The molecule has 40 heavy (non-hydrogen) atoms. The first-order valence-electron chi connectivity index (χ1n) is 13.0. The SMILES string of the molecule is Cc1ccc(Oc2cccc3c(=O)c4cc5[nH]c6c(Oc7ccc(C)cc7)cccc6c(=O)c5cc4[nH]c23)cc1. The molecule has 2 aromatic heterocycles. The van der Waals surface area contributed by atoms with E-state index in [2.05, 4.69) is 9.97 Å². The number of aromatic nitrogens is 2. The standard InChI is InChI=1S/C34H24N2O4/c1-19-9-13-21(14-10-19)39-29-7-3-5-23-31(29)35-27-17-26-28(18-25(27)33(23)37)36-32-24(34(26)38)6-4-8-30(32)40-22-15-11-20(2)12-16-22/h3-18H,1-2H3,(H,35,37)(H,36,38). The van der Waals surface area contributed by atoms with Gasteiger partial charge < -0.3 is 19.4 Å². The first-order valence-corrected chi connectivity index (χ1v) is 13.0. The van der Waals surface area contributed by atoms with Gasteiger partial charge >= 0.3 is 0 Å². The van der Waals surface area contributed by atoms with Crippen molar-refractivity contribution in [2.45, 2.75) is 13.8 Å². The van der Waals surface area contributed by atoms with Crippen LogP contribution in [0.2, 0.25) is 0 Å². The maximum atomic E-state index is 13.7. The fraction of sp³-hybridized carbons (Fsp3) is 0.0588. The third-order valence-electron chi connectivity index (χ3n) is 7.21. The zero-order chi connectivity index (χ0) is 27.4. The van der Waals surface area contributed by atoms with E-state index in [1.54, 1.807) is 36.4 Å². The fourth-order valence-electron chi connectivity index (χ4n) is 5.08. The number of fused-ring (bicyclic) bond motifs is 4. The van der Waals surface area contributed by atoms with Crippen LogP contribution in [-0.2, 0) is 0 Å². The summed E-state index contributed by atoms with van der Waals surface area (Å²) < 4.78 is 12.3. The number of nitrogens with one attached hydrogen (secondary N) is 2. The predicted molar refractivity (Wildman–Crippen MR) is 160 cm³/mol. The van der Waals surface area contributed by atoms with Crippen molar-refractivity contribution in [1.29, 1.82) is 0 Å². The maximum absolute atomic E-state index is 13.7. The van der Waals surface area contributed by atoms with Gasteiger partial charge in [-0.25, -0.2) is 0 Å². The Kier molecular flexibility index (Phi) is 5.42. The molecule has 0 saturated heterocycles. The molecule has 0 aliphatic rings. The average molecular weight is 525 g/mol. The predicted octanol–water partition coefficient (Wildman–Crippen LogP) is 7.88. The second kappa shape index (κ2) is 9.13. The van der Waals surface area contributed by atoms with E-state index in [-0.39, 0.29) is 10.9 Å². The third-order valence-corrected chi connectivity index (χ3v) is 7.21. The molecule has 7 rings (SSSR count). The highest BCUT2D eigenvalue weighted by molar-refractivity contribution is 6.04. The van der Waals surface area contributed by atoms with Crippen molar-refractivity contribution >= 4 is 43.6 Å². The second-order valence-corrected chi connectivity index (χ2v) is 10.0. The van der Waals surface area contributed by atoms with Gasteiger partial charge in [0, 0.05) is 21.5 Å². The highest BCUT2D eigenvalue weighted by Gasteiger charge is 2.15. The number of para-hydroxylation sites is 2. The van der Waals surface area contributed by atoms with Crippen LogP contribution in [0.15, 0.2) is 107 Å². The van der Waals surface area contributed by atoms with Gasteiger partial charge in [-0.05, 0) is 74.5 Å². The Morgan fingerprint density at radius 2 is 0.900 bits per heavy atom. The Bertz CT molecular complexity index is 2050. The molecule has 0 aliphatic heterocycles. The Labute approximate surface area is 228 Å². The van der Waals surface area contributed by atoms with Crippen LogP contribution in [-0.4, -0.2) is 9.97 Å². The van der Waals surface area contributed by atoms with Gasteiger partial charge in [-0.3, -0.25) is 9.59 Å². The summed E-state index contributed by atoms with van der Waals surface area (Å²) in [7, 11) is 0. The zero-order valence-electron chi connectivity index (χ0n) is 21.9. The number of aromatic amines is 2. The number of aryl methyl sites for hydroxylation is 2. The quantitative estimate of drug-likeness (QED) is 0.229. The molecule has 0 spiro atoms. The molecule has 0 bridgehead atoms. The number of pyridine rings is 2. The molecular formula is C34H24N2O4. The van der Waals surface area contributed by atoms with Crippen LogP contribution in [0.4, 0.5) is 0 Å². The van der Waals surface area contributed by atoms with E-state index in [9.17, 15) is 9.59 Å². The molecule has 7 aromatic rings. The van der Waals surface area contributed by atoms with E-state index in [1.807, 2.05) is 74.5 Å². The topological polar surface area (TPSA) is 84.2 Å². The van der Waals surface area contributed by atoms with E-state index in [0.29, 0.717) is 66.6 Å². The third kappa shape index (κ3) is 3.98. The smallest absolute Gasteiger partial charge is 0.197 e. The summed E-state index contributed by atoms with van der Waals surface area (Å²) in [5.41, 5.74) is 4.22. The molecule has 5 aromatic carbocycles. The molecule has 0 unspecified atom stereocenters.